The van der Waals surface area contributed by atoms with Gasteiger partial charge in [0.05, 0.1) is 0 Å². The van der Waals surface area contributed by atoms with E-state index in [-0.39, 0.29) is 6.61 Å². The lowest BCUT2D eigenvalue weighted by atomic mass is 10.4. The van der Waals surface area contributed by atoms with Crippen molar-refractivity contribution in [3.63, 3.8) is 0 Å². The van der Waals surface area contributed by atoms with E-state index >= 15 is 0 Å². The smallest absolute Gasteiger partial charge is 0.131 e. The van der Waals surface area contributed by atoms with E-state index in [9.17, 15) is 0 Å². The monoisotopic (exact) mass is 210 g/mol. The van der Waals surface area contributed by atoms with Crippen molar-refractivity contribution in [2.75, 3.05) is 30.3 Å². The number of hydrogen-bond acceptors (Lipinski definition) is 5. The largest absolute Gasteiger partial charge is 0.396 e. The fourth-order valence-electron chi connectivity index (χ4n) is 1.10. The van der Waals surface area contributed by atoms with E-state index in [1.54, 1.807) is 0 Å². The van der Waals surface area contributed by atoms with Crippen LogP contribution in [0.1, 0.15) is 19.8 Å². The van der Waals surface area contributed by atoms with E-state index < -0.39 is 0 Å². The summed E-state index contributed by atoms with van der Waals surface area (Å²) < 4.78 is 0. The Labute approximate surface area is 90.0 Å². The molecule has 0 unspecified atom stereocenters. The molecule has 0 radical (unpaired) electrons. The summed E-state index contributed by atoms with van der Waals surface area (Å²) in [6.07, 6.45) is 3.32. The summed E-state index contributed by atoms with van der Waals surface area (Å²) in [6.45, 7) is 3.93. The highest BCUT2D eigenvalue weighted by molar-refractivity contribution is 5.46. The van der Waals surface area contributed by atoms with E-state index in [0.29, 0.717) is 0 Å². The molecule has 0 spiro atoms. The van der Waals surface area contributed by atoms with Crippen LogP contribution in [0.15, 0.2) is 12.4 Å². The third-order valence-corrected chi connectivity index (χ3v) is 1.86. The Morgan fingerprint density at radius 3 is 2.47 bits per heavy atom. The number of rotatable bonds is 7. The molecule has 0 atom stereocenters. The molecule has 84 valence electrons. The van der Waals surface area contributed by atoms with Crippen molar-refractivity contribution >= 4 is 11.6 Å². The molecule has 0 amide bonds. The van der Waals surface area contributed by atoms with E-state index in [1.165, 1.54) is 6.33 Å². The molecule has 0 aliphatic heterocycles. The van der Waals surface area contributed by atoms with Crippen molar-refractivity contribution in [1.29, 1.82) is 0 Å². The van der Waals surface area contributed by atoms with Crippen LogP contribution >= 0.6 is 0 Å². The molecule has 3 N–H and O–H groups in total. The zero-order valence-electron chi connectivity index (χ0n) is 9.03. The van der Waals surface area contributed by atoms with Gasteiger partial charge in [-0.2, -0.15) is 0 Å². The van der Waals surface area contributed by atoms with Gasteiger partial charge in [-0.1, -0.05) is 6.92 Å². The first kappa shape index (κ1) is 11.7. The summed E-state index contributed by atoms with van der Waals surface area (Å²) in [5, 5.41) is 14.9. The molecule has 5 heteroatoms. The molecular formula is C10H18N4O. The van der Waals surface area contributed by atoms with Crippen LogP contribution in [-0.4, -0.2) is 34.8 Å². The predicted molar refractivity (Wildman–Crippen MR) is 61.0 cm³/mol. The molecule has 1 rings (SSSR count). The van der Waals surface area contributed by atoms with Gasteiger partial charge in [0, 0.05) is 25.8 Å². The molecule has 1 heterocycles. The lowest BCUT2D eigenvalue weighted by Crippen LogP contribution is -2.07. The quantitative estimate of drug-likeness (QED) is 0.588. The van der Waals surface area contributed by atoms with E-state index in [0.717, 1.165) is 37.6 Å². The summed E-state index contributed by atoms with van der Waals surface area (Å²) in [5.41, 5.74) is 0. The van der Waals surface area contributed by atoms with Crippen molar-refractivity contribution in [1.82, 2.24) is 9.97 Å². The fourth-order valence-corrected chi connectivity index (χ4v) is 1.10. The fraction of sp³-hybridized carbons (Fsp3) is 0.600. The molecule has 5 nitrogen and oxygen atoms in total. The Kier molecular flexibility index (Phi) is 5.47. The Morgan fingerprint density at radius 1 is 1.20 bits per heavy atom. The highest BCUT2D eigenvalue weighted by atomic mass is 16.3. The second-order valence-electron chi connectivity index (χ2n) is 3.22. The van der Waals surface area contributed by atoms with E-state index in [4.69, 9.17) is 5.11 Å². The molecule has 0 bridgehead atoms. The zero-order chi connectivity index (χ0) is 10.9. The summed E-state index contributed by atoms with van der Waals surface area (Å²) in [4.78, 5) is 8.17. The second-order valence-corrected chi connectivity index (χ2v) is 3.22. The van der Waals surface area contributed by atoms with Crippen LogP contribution in [-0.2, 0) is 0 Å². The van der Waals surface area contributed by atoms with Gasteiger partial charge in [0.25, 0.3) is 0 Å². The highest BCUT2D eigenvalue weighted by Gasteiger charge is 1.96. The average Bonchev–Trinajstić information content (AvgIpc) is 2.27. The van der Waals surface area contributed by atoms with Gasteiger partial charge in [0.1, 0.15) is 18.0 Å². The SMILES string of the molecule is CCCNc1cc(NCCCO)ncn1. The zero-order valence-corrected chi connectivity index (χ0v) is 9.03. The number of aliphatic hydroxyl groups is 1. The predicted octanol–water partition coefficient (Wildman–Crippen LogP) is 1.09. The minimum atomic E-state index is 0.193. The van der Waals surface area contributed by atoms with Crippen molar-refractivity contribution in [3.8, 4) is 0 Å². The van der Waals surface area contributed by atoms with Gasteiger partial charge in [-0.05, 0) is 12.8 Å². The van der Waals surface area contributed by atoms with Crippen molar-refractivity contribution in [3.05, 3.63) is 12.4 Å². The van der Waals surface area contributed by atoms with Gasteiger partial charge < -0.3 is 15.7 Å². The first-order valence-electron chi connectivity index (χ1n) is 5.27. The lowest BCUT2D eigenvalue weighted by Gasteiger charge is -2.07. The average molecular weight is 210 g/mol. The van der Waals surface area contributed by atoms with Gasteiger partial charge in [-0.15, -0.1) is 0 Å². The summed E-state index contributed by atoms with van der Waals surface area (Å²) in [7, 11) is 0. The van der Waals surface area contributed by atoms with Crippen LogP contribution in [0.3, 0.4) is 0 Å². The number of aromatic nitrogens is 2. The lowest BCUT2D eigenvalue weighted by molar-refractivity contribution is 0.292. The number of aliphatic hydroxyl groups excluding tert-OH is 1. The van der Waals surface area contributed by atoms with Crippen LogP contribution in [0.5, 0.6) is 0 Å². The maximum absolute atomic E-state index is 8.63. The normalized spacial score (nSPS) is 10.0. The van der Waals surface area contributed by atoms with Crippen LogP contribution in [0.4, 0.5) is 11.6 Å². The topological polar surface area (TPSA) is 70.1 Å². The molecule has 0 fully saturated rings. The molecule has 0 saturated carbocycles. The third kappa shape index (κ3) is 4.60. The molecule has 1 aromatic rings. The summed E-state index contributed by atoms with van der Waals surface area (Å²) in [5.74, 6) is 1.62. The van der Waals surface area contributed by atoms with Gasteiger partial charge in [-0.25, -0.2) is 9.97 Å². The van der Waals surface area contributed by atoms with E-state index in [2.05, 4.69) is 27.5 Å². The van der Waals surface area contributed by atoms with Crippen LogP contribution in [0.25, 0.3) is 0 Å². The van der Waals surface area contributed by atoms with Gasteiger partial charge in [0.15, 0.2) is 0 Å². The van der Waals surface area contributed by atoms with Crippen LogP contribution in [0, 0.1) is 0 Å². The number of hydrogen-bond donors (Lipinski definition) is 3. The molecule has 0 saturated heterocycles. The van der Waals surface area contributed by atoms with Crippen molar-refractivity contribution in [2.45, 2.75) is 19.8 Å². The minimum absolute atomic E-state index is 0.193. The number of nitrogens with zero attached hydrogens (tertiary/aromatic N) is 2. The minimum Gasteiger partial charge on any atom is -0.396 e. The maximum Gasteiger partial charge on any atom is 0.131 e. The van der Waals surface area contributed by atoms with Crippen molar-refractivity contribution < 1.29 is 5.11 Å². The molecular weight excluding hydrogens is 192 g/mol. The third-order valence-electron chi connectivity index (χ3n) is 1.86. The number of nitrogens with one attached hydrogen (secondary N) is 2. The van der Waals surface area contributed by atoms with Gasteiger partial charge >= 0.3 is 0 Å². The molecule has 15 heavy (non-hydrogen) atoms. The Morgan fingerprint density at radius 2 is 1.87 bits per heavy atom. The number of anilines is 2. The molecule has 0 aliphatic carbocycles. The second kappa shape index (κ2) is 7.00. The maximum atomic E-state index is 8.63. The first-order chi connectivity index (χ1) is 7.36. The molecule has 1 aromatic heterocycles. The Bertz CT molecular complexity index is 280. The Hall–Kier alpha value is -1.36. The molecule has 0 aliphatic rings. The standard InChI is InChI=1S/C10H18N4O/c1-2-4-11-9-7-10(14-8-13-9)12-5-3-6-15/h7-8,15H,2-6H2,1H3,(H2,11,12,13,14). The summed E-state index contributed by atoms with van der Waals surface area (Å²) in [6, 6.07) is 1.87. The van der Waals surface area contributed by atoms with Crippen LogP contribution in [0.2, 0.25) is 0 Å². The highest BCUT2D eigenvalue weighted by Crippen LogP contribution is 2.08. The molecule has 0 aromatic carbocycles. The van der Waals surface area contributed by atoms with Crippen molar-refractivity contribution in [2.24, 2.45) is 0 Å². The Balaban J connectivity index is 2.42. The first-order valence-corrected chi connectivity index (χ1v) is 5.27. The summed E-state index contributed by atoms with van der Waals surface area (Å²) >= 11 is 0. The van der Waals surface area contributed by atoms with Crippen LogP contribution < -0.4 is 10.6 Å². The van der Waals surface area contributed by atoms with Gasteiger partial charge in [-0.3, -0.25) is 0 Å². The van der Waals surface area contributed by atoms with E-state index in [1.807, 2.05) is 6.07 Å². The van der Waals surface area contributed by atoms with Gasteiger partial charge in [0.2, 0.25) is 0 Å².